The zero-order chi connectivity index (χ0) is 17.0. The van der Waals surface area contributed by atoms with Gasteiger partial charge in [0.05, 0.1) is 17.2 Å². The Kier molecular flexibility index (Phi) is 3.19. The van der Waals surface area contributed by atoms with E-state index in [1.165, 1.54) is 17.5 Å². The molecular formula is C15H9BrN6OS. The lowest BCUT2D eigenvalue weighted by atomic mass is 10.3. The summed E-state index contributed by atoms with van der Waals surface area (Å²) in [6.45, 7) is 1.85. The third-order valence-corrected chi connectivity index (χ3v) is 5.38. The summed E-state index contributed by atoms with van der Waals surface area (Å²) in [4.78, 5) is 18.5. The maximum Gasteiger partial charge on any atom is 0.292 e. The molecule has 4 aromatic rings. The molecule has 118 valence electrons. The topological polar surface area (TPSA) is 102 Å². The molecule has 3 heterocycles. The fraction of sp³-hybridized carbons (Fsp3) is 0.0667. The number of hydrogen-bond acceptors (Lipinski definition) is 6. The average Bonchev–Trinajstić information content (AvgIpc) is 3.20. The molecule has 9 heteroatoms. The fourth-order valence-electron chi connectivity index (χ4n) is 2.59. The zero-order valence-corrected chi connectivity index (χ0v) is 14.7. The first kappa shape index (κ1) is 14.9. The molecule has 24 heavy (non-hydrogen) atoms. The summed E-state index contributed by atoms with van der Waals surface area (Å²) in [6.07, 6.45) is 1.29. The number of anilines is 1. The van der Waals surface area contributed by atoms with Crippen LogP contribution in [0.5, 0.6) is 0 Å². The third kappa shape index (κ3) is 1.97. The smallest absolute Gasteiger partial charge is 0.292 e. The summed E-state index contributed by atoms with van der Waals surface area (Å²) in [5.41, 5.74) is 8.52. The standard InChI is InChI=1S/C15H9BrN6OS/c1-7-12(14(23)22-13(18)8(5-17)6-19-22)24-15-20-10-3-2-9(16)4-11(10)21(7)15/h2-4,6H,18H2,1H3. The predicted molar refractivity (Wildman–Crippen MR) is 94.1 cm³/mol. The number of nitrogens with zero attached hydrogens (tertiary/aromatic N) is 5. The van der Waals surface area contributed by atoms with Crippen LogP contribution in [0.3, 0.4) is 0 Å². The number of rotatable bonds is 1. The van der Waals surface area contributed by atoms with Crippen molar-refractivity contribution in [1.29, 1.82) is 5.26 Å². The fourth-order valence-corrected chi connectivity index (χ4v) is 4.00. The van der Waals surface area contributed by atoms with E-state index < -0.39 is 0 Å². The zero-order valence-electron chi connectivity index (χ0n) is 12.3. The molecular weight excluding hydrogens is 392 g/mol. The second kappa shape index (κ2) is 5.15. The molecule has 0 radical (unpaired) electrons. The van der Waals surface area contributed by atoms with Gasteiger partial charge >= 0.3 is 0 Å². The number of benzene rings is 1. The summed E-state index contributed by atoms with van der Waals surface area (Å²) in [5, 5.41) is 12.9. The van der Waals surface area contributed by atoms with E-state index in [9.17, 15) is 4.79 Å². The first-order valence-corrected chi connectivity index (χ1v) is 8.47. The van der Waals surface area contributed by atoms with Gasteiger partial charge in [0.15, 0.2) is 4.96 Å². The number of imidazole rings is 1. The molecule has 0 aliphatic heterocycles. The Hall–Kier alpha value is -2.70. The number of aromatic nitrogens is 4. The van der Waals surface area contributed by atoms with Gasteiger partial charge in [0, 0.05) is 10.2 Å². The maximum absolute atomic E-state index is 12.8. The van der Waals surface area contributed by atoms with Gasteiger partial charge in [0.25, 0.3) is 5.91 Å². The van der Waals surface area contributed by atoms with E-state index in [1.54, 1.807) is 0 Å². The number of nitrogens with two attached hydrogens (primary N) is 1. The van der Waals surface area contributed by atoms with Crippen LogP contribution in [0.25, 0.3) is 16.0 Å². The van der Waals surface area contributed by atoms with Gasteiger partial charge in [-0.3, -0.25) is 9.20 Å². The molecule has 1 aromatic carbocycles. The summed E-state index contributed by atoms with van der Waals surface area (Å²) < 4.78 is 3.92. The van der Waals surface area contributed by atoms with Gasteiger partial charge in [-0.2, -0.15) is 15.0 Å². The summed E-state index contributed by atoms with van der Waals surface area (Å²) >= 11 is 4.73. The second-order valence-electron chi connectivity index (χ2n) is 5.15. The highest BCUT2D eigenvalue weighted by Gasteiger charge is 2.23. The monoisotopic (exact) mass is 400 g/mol. The van der Waals surface area contributed by atoms with Gasteiger partial charge < -0.3 is 5.73 Å². The highest BCUT2D eigenvalue weighted by Crippen LogP contribution is 2.30. The molecule has 2 N–H and O–H groups in total. The van der Waals surface area contributed by atoms with Gasteiger partial charge in [0.1, 0.15) is 22.3 Å². The van der Waals surface area contributed by atoms with E-state index >= 15 is 0 Å². The van der Waals surface area contributed by atoms with Crippen molar-refractivity contribution >= 4 is 55.0 Å². The van der Waals surface area contributed by atoms with Crippen molar-refractivity contribution in [3.05, 3.63) is 45.0 Å². The van der Waals surface area contributed by atoms with Crippen LogP contribution in [0, 0.1) is 18.3 Å². The van der Waals surface area contributed by atoms with Gasteiger partial charge in [0.2, 0.25) is 0 Å². The van der Waals surface area contributed by atoms with Gasteiger partial charge in [-0.1, -0.05) is 27.3 Å². The number of aryl methyl sites for hydroxylation is 1. The van der Waals surface area contributed by atoms with E-state index in [1.807, 2.05) is 35.6 Å². The molecule has 0 saturated carbocycles. The van der Waals surface area contributed by atoms with Crippen LogP contribution in [-0.4, -0.2) is 25.1 Å². The van der Waals surface area contributed by atoms with Crippen LogP contribution in [0.2, 0.25) is 0 Å². The van der Waals surface area contributed by atoms with Gasteiger partial charge in [-0.15, -0.1) is 0 Å². The first-order valence-electron chi connectivity index (χ1n) is 6.86. The van der Waals surface area contributed by atoms with E-state index in [2.05, 4.69) is 26.0 Å². The van der Waals surface area contributed by atoms with E-state index in [0.29, 0.717) is 4.88 Å². The summed E-state index contributed by atoms with van der Waals surface area (Å²) in [7, 11) is 0. The number of carbonyl (C=O) groups is 1. The Balaban J connectivity index is 1.93. The van der Waals surface area contributed by atoms with E-state index in [4.69, 9.17) is 11.0 Å². The molecule has 3 aromatic heterocycles. The maximum atomic E-state index is 12.8. The molecule has 0 bridgehead atoms. The molecule has 0 atom stereocenters. The number of nitriles is 1. The molecule has 4 rings (SSSR count). The molecule has 7 nitrogen and oxygen atoms in total. The van der Waals surface area contributed by atoms with Crippen molar-refractivity contribution in [2.75, 3.05) is 5.73 Å². The van der Waals surface area contributed by atoms with Crippen LogP contribution in [-0.2, 0) is 0 Å². The predicted octanol–water partition coefficient (Wildman–Crippen LogP) is 2.96. The van der Waals surface area contributed by atoms with Gasteiger partial charge in [-0.25, -0.2) is 4.98 Å². The molecule has 0 amide bonds. The number of thiazole rings is 1. The van der Waals surface area contributed by atoms with Crippen molar-refractivity contribution in [3.8, 4) is 6.07 Å². The second-order valence-corrected chi connectivity index (χ2v) is 7.04. The van der Waals surface area contributed by atoms with Gasteiger partial charge in [-0.05, 0) is 25.1 Å². The van der Waals surface area contributed by atoms with E-state index in [-0.39, 0.29) is 17.3 Å². The number of carbonyl (C=O) groups excluding carboxylic acids is 1. The number of fused-ring (bicyclic) bond motifs is 3. The Labute approximate surface area is 148 Å². The highest BCUT2D eigenvalue weighted by molar-refractivity contribution is 9.10. The normalized spacial score (nSPS) is 11.2. The molecule has 0 saturated heterocycles. The Morgan fingerprint density at radius 3 is 2.96 bits per heavy atom. The SMILES string of the molecule is Cc1c(C(=O)n2ncc(C#N)c2N)sc2nc3ccc(Br)cc3n12. The minimum atomic E-state index is -0.370. The molecule has 0 unspecified atom stereocenters. The van der Waals surface area contributed by atoms with Crippen molar-refractivity contribution < 1.29 is 4.79 Å². The molecule has 0 aliphatic carbocycles. The third-order valence-electron chi connectivity index (χ3n) is 3.76. The van der Waals surface area contributed by atoms with Crippen molar-refractivity contribution in [2.45, 2.75) is 6.92 Å². The lowest BCUT2D eigenvalue weighted by molar-refractivity contribution is 0.0951. The molecule has 0 aliphatic rings. The van der Waals surface area contributed by atoms with Crippen LogP contribution >= 0.6 is 27.3 Å². The Bertz CT molecular complexity index is 1180. The number of halogens is 1. The minimum Gasteiger partial charge on any atom is -0.382 e. The molecule has 0 fully saturated rings. The van der Waals surface area contributed by atoms with Crippen molar-refractivity contribution in [2.24, 2.45) is 0 Å². The highest BCUT2D eigenvalue weighted by atomic mass is 79.9. The quantitative estimate of drug-likeness (QED) is 0.528. The van der Waals surface area contributed by atoms with Crippen LogP contribution < -0.4 is 5.73 Å². The average molecular weight is 401 g/mol. The number of hydrogen-bond donors (Lipinski definition) is 1. The van der Waals surface area contributed by atoms with E-state index in [0.717, 1.165) is 30.8 Å². The Morgan fingerprint density at radius 2 is 2.25 bits per heavy atom. The van der Waals surface area contributed by atoms with Crippen molar-refractivity contribution in [3.63, 3.8) is 0 Å². The minimum absolute atomic E-state index is 0.0422. The largest absolute Gasteiger partial charge is 0.382 e. The lowest BCUT2D eigenvalue weighted by Gasteiger charge is -2.02. The van der Waals surface area contributed by atoms with Crippen molar-refractivity contribution in [1.82, 2.24) is 19.2 Å². The molecule has 0 spiro atoms. The van der Waals surface area contributed by atoms with Crippen LogP contribution in [0.1, 0.15) is 20.9 Å². The van der Waals surface area contributed by atoms with Crippen LogP contribution in [0.15, 0.2) is 28.9 Å². The number of nitrogen functional groups attached to an aromatic ring is 1. The summed E-state index contributed by atoms with van der Waals surface area (Å²) in [5.74, 6) is -0.328. The first-order chi connectivity index (χ1) is 11.5. The Morgan fingerprint density at radius 1 is 1.46 bits per heavy atom. The van der Waals surface area contributed by atoms with Crippen LogP contribution in [0.4, 0.5) is 5.82 Å². The summed E-state index contributed by atoms with van der Waals surface area (Å²) in [6, 6.07) is 7.71. The lowest BCUT2D eigenvalue weighted by Crippen LogP contribution is -2.16.